The highest BCUT2D eigenvalue weighted by Gasteiger charge is 2.39. The van der Waals surface area contributed by atoms with E-state index in [1.165, 1.54) is 6.07 Å². The second-order valence-corrected chi connectivity index (χ2v) is 7.24. The third-order valence-electron chi connectivity index (χ3n) is 5.10. The van der Waals surface area contributed by atoms with Crippen molar-refractivity contribution >= 4 is 17.7 Å². The van der Waals surface area contributed by atoms with Crippen LogP contribution in [0.2, 0.25) is 0 Å². The molecule has 1 atom stereocenters. The molecule has 0 aromatic carbocycles. The van der Waals surface area contributed by atoms with Crippen molar-refractivity contribution in [2.45, 2.75) is 18.5 Å². The predicted octanol–water partition coefficient (Wildman–Crippen LogP) is 2.55. The van der Waals surface area contributed by atoms with E-state index in [1.54, 1.807) is 0 Å². The van der Waals surface area contributed by atoms with Crippen LogP contribution in [0.15, 0.2) is 18.5 Å². The number of hydrogen-bond donors (Lipinski definition) is 2. The number of ether oxygens (including phenoxy) is 2. The zero-order valence-corrected chi connectivity index (χ0v) is 16.9. The molecule has 13 heteroatoms. The van der Waals surface area contributed by atoms with Gasteiger partial charge in [-0.25, -0.2) is 28.5 Å². The summed E-state index contributed by atoms with van der Waals surface area (Å²) in [6.45, 7) is 1.43. The first-order valence-electron chi connectivity index (χ1n) is 9.76. The Kier molecular flexibility index (Phi) is 6.11. The first-order chi connectivity index (χ1) is 15.3. The van der Waals surface area contributed by atoms with Gasteiger partial charge in [0.15, 0.2) is 6.10 Å². The molecule has 9 nitrogen and oxygen atoms in total. The van der Waals surface area contributed by atoms with Gasteiger partial charge in [-0.15, -0.1) is 0 Å². The molecule has 1 saturated heterocycles. The number of carbonyl (C=O) groups is 1. The lowest BCUT2D eigenvalue weighted by Gasteiger charge is -2.30. The first-order valence-corrected chi connectivity index (χ1v) is 9.76. The lowest BCUT2D eigenvalue weighted by atomic mass is 10.0. The number of methoxy groups -OCH3 is 1. The van der Waals surface area contributed by atoms with Crippen LogP contribution in [-0.4, -0.2) is 67.4 Å². The van der Waals surface area contributed by atoms with Crippen molar-refractivity contribution in [1.29, 1.82) is 0 Å². The maximum absolute atomic E-state index is 14.8. The van der Waals surface area contributed by atoms with Crippen LogP contribution >= 0.6 is 0 Å². The number of alkyl halides is 4. The van der Waals surface area contributed by atoms with E-state index in [2.05, 4.69) is 30.3 Å². The second kappa shape index (κ2) is 8.82. The Morgan fingerprint density at radius 1 is 1.28 bits per heavy atom. The van der Waals surface area contributed by atoms with Crippen LogP contribution in [0.3, 0.4) is 0 Å². The minimum atomic E-state index is -3.37. The molecule has 0 unspecified atom stereocenters. The van der Waals surface area contributed by atoms with Crippen LogP contribution in [0, 0.1) is 0 Å². The summed E-state index contributed by atoms with van der Waals surface area (Å²) in [5, 5.41) is 5.40. The SMILES string of the molecule is COCC(F)(F)c1cc(-c2ncnc3c2[C@H](C(F)F)OC(=O)N3)nc(N2CCNCC2)c1. The molecule has 1 fully saturated rings. The van der Waals surface area contributed by atoms with Crippen molar-refractivity contribution in [2.24, 2.45) is 0 Å². The van der Waals surface area contributed by atoms with Gasteiger partial charge in [0.1, 0.15) is 30.3 Å². The lowest BCUT2D eigenvalue weighted by Crippen LogP contribution is -2.44. The number of pyridine rings is 1. The number of rotatable bonds is 6. The monoisotopic (exact) mass is 456 g/mol. The summed E-state index contributed by atoms with van der Waals surface area (Å²) in [6.07, 6.45) is -5.12. The van der Waals surface area contributed by atoms with E-state index in [0.29, 0.717) is 26.2 Å². The van der Waals surface area contributed by atoms with Crippen molar-refractivity contribution in [3.05, 3.63) is 29.6 Å². The van der Waals surface area contributed by atoms with E-state index in [1.807, 2.05) is 4.90 Å². The zero-order chi connectivity index (χ0) is 22.9. The lowest BCUT2D eigenvalue weighted by molar-refractivity contribution is -0.0697. The summed E-state index contributed by atoms with van der Waals surface area (Å²) in [5.74, 6) is -3.30. The molecule has 32 heavy (non-hydrogen) atoms. The second-order valence-electron chi connectivity index (χ2n) is 7.24. The van der Waals surface area contributed by atoms with Crippen molar-refractivity contribution in [3.63, 3.8) is 0 Å². The number of cyclic esters (lactones) is 1. The molecule has 2 aliphatic heterocycles. The number of hydrogen-bond acceptors (Lipinski definition) is 8. The highest BCUT2D eigenvalue weighted by Crippen LogP contribution is 2.40. The summed E-state index contributed by atoms with van der Waals surface area (Å²) in [5.41, 5.74) is -0.838. The quantitative estimate of drug-likeness (QED) is 0.640. The van der Waals surface area contributed by atoms with Crippen LogP contribution in [0.5, 0.6) is 0 Å². The molecule has 0 bridgehead atoms. The third kappa shape index (κ3) is 4.30. The standard InChI is InChI=1S/C19H20F4N6O3/c1-31-8-19(22,23)10-6-11(27-12(7-10)29-4-2-24-3-5-29)14-13-15(16(20)21)32-18(30)28-17(13)26-9-25-14/h6-7,9,15-16,24H,2-5,8H2,1H3,(H,25,26,28,30)/t15-/m1/s1. The molecular formula is C19H20F4N6O3. The zero-order valence-electron chi connectivity index (χ0n) is 16.9. The average Bonchev–Trinajstić information content (AvgIpc) is 2.78. The molecule has 0 radical (unpaired) electrons. The van der Waals surface area contributed by atoms with Gasteiger partial charge < -0.3 is 19.7 Å². The Morgan fingerprint density at radius 3 is 2.72 bits per heavy atom. The Morgan fingerprint density at radius 2 is 2.03 bits per heavy atom. The van der Waals surface area contributed by atoms with Crippen LogP contribution in [0.25, 0.3) is 11.4 Å². The predicted molar refractivity (Wildman–Crippen MR) is 105 cm³/mol. The molecule has 2 aromatic rings. The van der Waals surface area contributed by atoms with E-state index in [9.17, 15) is 22.4 Å². The van der Waals surface area contributed by atoms with Crippen molar-refractivity contribution in [2.75, 3.05) is 50.1 Å². The maximum atomic E-state index is 14.8. The molecule has 172 valence electrons. The highest BCUT2D eigenvalue weighted by molar-refractivity contribution is 5.88. The summed E-state index contributed by atoms with van der Waals surface area (Å²) in [6, 6.07) is 2.33. The fraction of sp³-hybridized carbons (Fsp3) is 0.474. The number of carbonyl (C=O) groups excluding carboxylic acids is 1. The van der Waals surface area contributed by atoms with Gasteiger partial charge in [0, 0.05) is 38.9 Å². The van der Waals surface area contributed by atoms with Crippen LogP contribution < -0.4 is 15.5 Å². The fourth-order valence-electron chi connectivity index (χ4n) is 3.62. The van der Waals surface area contributed by atoms with E-state index < -0.39 is 36.7 Å². The van der Waals surface area contributed by atoms with Gasteiger partial charge in [-0.1, -0.05) is 0 Å². The normalized spacial score (nSPS) is 18.9. The first kappa shape index (κ1) is 22.1. The smallest absolute Gasteiger partial charge is 0.413 e. The van der Waals surface area contributed by atoms with Crippen LogP contribution in [-0.2, 0) is 15.4 Å². The molecule has 4 rings (SSSR count). The van der Waals surface area contributed by atoms with Gasteiger partial charge in [-0.05, 0) is 12.1 Å². The number of nitrogens with zero attached hydrogens (tertiary/aromatic N) is 4. The Labute approximate surface area is 180 Å². The molecule has 4 heterocycles. The largest absolute Gasteiger partial charge is 0.435 e. The van der Waals surface area contributed by atoms with E-state index in [0.717, 1.165) is 19.5 Å². The molecule has 2 aliphatic rings. The van der Waals surface area contributed by atoms with E-state index >= 15 is 0 Å². The highest BCUT2D eigenvalue weighted by atomic mass is 19.3. The number of halogens is 4. The average molecular weight is 456 g/mol. The number of fused-ring (bicyclic) bond motifs is 1. The third-order valence-corrected chi connectivity index (χ3v) is 5.10. The van der Waals surface area contributed by atoms with Crippen molar-refractivity contribution in [1.82, 2.24) is 20.3 Å². The van der Waals surface area contributed by atoms with Gasteiger partial charge in [-0.2, -0.15) is 8.78 Å². The van der Waals surface area contributed by atoms with E-state index in [-0.39, 0.29) is 28.6 Å². The van der Waals surface area contributed by atoms with E-state index in [4.69, 9.17) is 4.74 Å². The Bertz CT molecular complexity index is 1000. The Hall–Kier alpha value is -3.06. The van der Waals surface area contributed by atoms with Gasteiger partial charge in [0.25, 0.3) is 12.3 Å². The summed E-state index contributed by atoms with van der Waals surface area (Å²) in [4.78, 5) is 25.7. The minimum Gasteiger partial charge on any atom is -0.435 e. The van der Waals surface area contributed by atoms with Crippen LogP contribution in [0.4, 0.5) is 34.0 Å². The topological polar surface area (TPSA) is 102 Å². The molecule has 2 aromatic heterocycles. The van der Waals surface area contributed by atoms with Gasteiger partial charge >= 0.3 is 6.09 Å². The van der Waals surface area contributed by atoms with Gasteiger partial charge in [0.05, 0.1) is 11.3 Å². The minimum absolute atomic E-state index is 0.0733. The number of amides is 1. The summed E-state index contributed by atoms with van der Waals surface area (Å²) in [7, 11) is 1.15. The molecule has 0 spiro atoms. The van der Waals surface area contributed by atoms with Crippen molar-refractivity contribution in [3.8, 4) is 11.4 Å². The molecule has 0 aliphatic carbocycles. The summed E-state index contributed by atoms with van der Waals surface area (Å²) >= 11 is 0. The molecule has 0 saturated carbocycles. The maximum Gasteiger partial charge on any atom is 0.413 e. The number of aromatic nitrogens is 3. The number of anilines is 2. The molecule has 1 amide bonds. The van der Waals surface area contributed by atoms with Crippen molar-refractivity contribution < 1.29 is 31.8 Å². The van der Waals surface area contributed by atoms with Gasteiger partial charge in [-0.3, -0.25) is 5.32 Å². The van der Waals surface area contributed by atoms with Crippen LogP contribution in [0.1, 0.15) is 17.2 Å². The number of nitrogens with one attached hydrogen (secondary N) is 2. The Balaban J connectivity index is 1.88. The van der Waals surface area contributed by atoms with Gasteiger partial charge in [0.2, 0.25) is 0 Å². The number of piperazine rings is 1. The fourth-order valence-corrected chi connectivity index (χ4v) is 3.62. The molecular weight excluding hydrogens is 436 g/mol. The molecule has 2 N–H and O–H groups in total. The summed E-state index contributed by atoms with van der Waals surface area (Å²) < 4.78 is 66.3.